The van der Waals surface area contributed by atoms with Crippen LogP contribution in [-0.2, 0) is 10.2 Å². The molecular weight excluding hydrogens is 288 g/mol. The first kappa shape index (κ1) is 17.1. The van der Waals surface area contributed by atoms with Crippen LogP contribution in [-0.4, -0.2) is 74.3 Å². The van der Waals surface area contributed by atoms with E-state index in [1.54, 1.807) is 8.61 Å². The third-order valence-corrected chi connectivity index (χ3v) is 6.48. The van der Waals surface area contributed by atoms with Gasteiger partial charge in [0.2, 0.25) is 0 Å². The molecule has 2 rings (SSSR count). The van der Waals surface area contributed by atoms with E-state index in [2.05, 4.69) is 4.90 Å². The molecule has 21 heavy (non-hydrogen) atoms. The fraction of sp³-hybridized carbons (Fsp3) is 1.00. The molecule has 0 spiro atoms. The summed E-state index contributed by atoms with van der Waals surface area (Å²) in [5.74, 6) is 0. The van der Waals surface area contributed by atoms with Crippen LogP contribution in [0.1, 0.15) is 38.5 Å². The fourth-order valence-electron chi connectivity index (χ4n) is 3.14. The van der Waals surface area contributed by atoms with Gasteiger partial charge in [0.15, 0.2) is 0 Å². The van der Waals surface area contributed by atoms with E-state index in [1.165, 1.54) is 0 Å². The molecule has 0 bridgehead atoms. The third kappa shape index (κ3) is 4.89. The van der Waals surface area contributed by atoms with Crippen molar-refractivity contribution in [2.45, 2.75) is 38.5 Å². The first-order valence-corrected chi connectivity index (χ1v) is 9.72. The number of hydrogen-bond donors (Lipinski definition) is 1. The molecule has 7 heteroatoms. The zero-order valence-corrected chi connectivity index (χ0v) is 13.9. The van der Waals surface area contributed by atoms with Gasteiger partial charge < -0.3 is 10.6 Å². The Balaban J connectivity index is 1.86. The molecule has 124 valence electrons. The molecule has 2 N–H and O–H groups in total. The van der Waals surface area contributed by atoms with Crippen molar-refractivity contribution in [2.75, 3.05) is 52.4 Å². The fourth-order valence-corrected chi connectivity index (χ4v) is 4.86. The van der Waals surface area contributed by atoms with E-state index in [9.17, 15) is 8.42 Å². The summed E-state index contributed by atoms with van der Waals surface area (Å²) < 4.78 is 28.7. The van der Waals surface area contributed by atoms with Gasteiger partial charge in [-0.2, -0.15) is 17.0 Å². The first-order valence-electron chi connectivity index (χ1n) is 8.32. The third-order valence-electron chi connectivity index (χ3n) is 4.44. The van der Waals surface area contributed by atoms with Crippen LogP contribution in [0, 0.1) is 0 Å². The number of nitrogens with two attached hydrogens (primary N) is 1. The Morgan fingerprint density at radius 2 is 1.43 bits per heavy atom. The highest BCUT2D eigenvalue weighted by Crippen LogP contribution is 2.18. The van der Waals surface area contributed by atoms with Crippen molar-refractivity contribution in [1.82, 2.24) is 13.5 Å². The Morgan fingerprint density at radius 1 is 0.762 bits per heavy atom. The zero-order chi connectivity index (χ0) is 15.1. The Bertz CT molecular complexity index is 396. The highest BCUT2D eigenvalue weighted by Gasteiger charge is 2.31. The highest BCUT2D eigenvalue weighted by molar-refractivity contribution is 7.86. The molecular formula is C14H30N4O2S. The monoisotopic (exact) mass is 318 g/mol. The topological polar surface area (TPSA) is 69.9 Å². The van der Waals surface area contributed by atoms with Crippen LogP contribution in [0.25, 0.3) is 0 Å². The molecule has 0 aromatic rings. The standard InChI is InChI=1S/C14H30N4O2S/c15-7-2-5-8-16-9-6-12-18(14-13-16)21(19,20)17-10-3-1-4-11-17/h1-15H2. The predicted molar refractivity (Wildman–Crippen MR) is 85.3 cm³/mol. The van der Waals surface area contributed by atoms with Crippen molar-refractivity contribution in [1.29, 1.82) is 0 Å². The summed E-state index contributed by atoms with van der Waals surface area (Å²) >= 11 is 0. The quantitative estimate of drug-likeness (QED) is 0.723. The molecule has 2 aliphatic heterocycles. The minimum Gasteiger partial charge on any atom is -0.330 e. The maximum Gasteiger partial charge on any atom is 0.282 e. The van der Waals surface area contributed by atoms with E-state index in [0.717, 1.165) is 64.7 Å². The number of piperidine rings is 1. The summed E-state index contributed by atoms with van der Waals surface area (Å²) in [5, 5.41) is 0. The Hall–Kier alpha value is -0.210. The molecule has 2 saturated heterocycles. The van der Waals surface area contributed by atoms with Crippen LogP contribution in [0.15, 0.2) is 0 Å². The Kier molecular flexibility index (Phi) is 6.88. The van der Waals surface area contributed by atoms with E-state index in [0.29, 0.717) is 26.2 Å². The van der Waals surface area contributed by atoms with Gasteiger partial charge in [0, 0.05) is 32.7 Å². The van der Waals surface area contributed by atoms with Crippen LogP contribution in [0.4, 0.5) is 0 Å². The van der Waals surface area contributed by atoms with E-state index in [1.807, 2.05) is 0 Å². The molecule has 6 nitrogen and oxygen atoms in total. The number of hydrogen-bond acceptors (Lipinski definition) is 4. The van der Waals surface area contributed by atoms with Crippen molar-refractivity contribution in [3.63, 3.8) is 0 Å². The van der Waals surface area contributed by atoms with Gasteiger partial charge >= 0.3 is 0 Å². The lowest BCUT2D eigenvalue weighted by molar-refractivity contribution is 0.274. The SMILES string of the molecule is NCCCCN1CCCN(S(=O)(=O)N2CCCCC2)CC1. The average molecular weight is 318 g/mol. The second kappa shape index (κ2) is 8.43. The summed E-state index contributed by atoms with van der Waals surface area (Å²) in [6.45, 7) is 6.29. The van der Waals surface area contributed by atoms with Crippen molar-refractivity contribution < 1.29 is 8.42 Å². The number of rotatable bonds is 6. The molecule has 0 aromatic heterocycles. The zero-order valence-electron chi connectivity index (χ0n) is 13.0. The highest BCUT2D eigenvalue weighted by atomic mass is 32.2. The summed E-state index contributed by atoms with van der Waals surface area (Å²) in [6.07, 6.45) is 6.23. The summed E-state index contributed by atoms with van der Waals surface area (Å²) in [4.78, 5) is 2.38. The van der Waals surface area contributed by atoms with Crippen molar-refractivity contribution in [3.8, 4) is 0 Å². The van der Waals surface area contributed by atoms with Gasteiger partial charge in [0.05, 0.1) is 0 Å². The number of nitrogens with zero attached hydrogens (tertiary/aromatic N) is 3. The second-order valence-corrected chi connectivity index (χ2v) is 7.99. The van der Waals surface area contributed by atoms with Gasteiger partial charge in [-0.1, -0.05) is 6.42 Å². The molecule has 0 amide bonds. The smallest absolute Gasteiger partial charge is 0.282 e. The predicted octanol–water partition coefficient (Wildman–Crippen LogP) is 0.464. The summed E-state index contributed by atoms with van der Waals surface area (Å²) in [7, 11) is -3.24. The maximum atomic E-state index is 12.7. The van der Waals surface area contributed by atoms with Gasteiger partial charge in [-0.3, -0.25) is 0 Å². The molecule has 0 atom stereocenters. The Morgan fingerprint density at radius 3 is 2.14 bits per heavy atom. The maximum absolute atomic E-state index is 12.7. The van der Waals surface area contributed by atoms with Crippen molar-refractivity contribution in [3.05, 3.63) is 0 Å². The molecule has 0 aliphatic carbocycles. The minimum absolute atomic E-state index is 0.626. The summed E-state index contributed by atoms with van der Waals surface area (Å²) in [6, 6.07) is 0. The van der Waals surface area contributed by atoms with Crippen LogP contribution in [0.5, 0.6) is 0 Å². The number of unbranched alkanes of at least 4 members (excludes halogenated alkanes) is 1. The first-order chi connectivity index (χ1) is 10.1. The van der Waals surface area contributed by atoms with Gasteiger partial charge in [-0.15, -0.1) is 0 Å². The average Bonchev–Trinajstić information content (AvgIpc) is 2.75. The van der Waals surface area contributed by atoms with E-state index >= 15 is 0 Å². The minimum atomic E-state index is -3.24. The largest absolute Gasteiger partial charge is 0.330 e. The normalized spacial score (nSPS) is 24.0. The molecule has 2 aliphatic rings. The van der Waals surface area contributed by atoms with E-state index < -0.39 is 10.2 Å². The molecule has 0 aromatic carbocycles. The summed E-state index contributed by atoms with van der Waals surface area (Å²) in [5.41, 5.74) is 5.53. The van der Waals surface area contributed by atoms with E-state index in [-0.39, 0.29) is 0 Å². The van der Waals surface area contributed by atoms with Gasteiger partial charge in [-0.05, 0) is 51.7 Å². The van der Waals surface area contributed by atoms with Crippen LogP contribution in [0.2, 0.25) is 0 Å². The van der Waals surface area contributed by atoms with Gasteiger partial charge in [0.25, 0.3) is 10.2 Å². The van der Waals surface area contributed by atoms with Crippen LogP contribution >= 0.6 is 0 Å². The van der Waals surface area contributed by atoms with E-state index in [4.69, 9.17) is 5.73 Å². The molecule has 0 unspecified atom stereocenters. The van der Waals surface area contributed by atoms with Crippen LogP contribution in [0.3, 0.4) is 0 Å². The van der Waals surface area contributed by atoms with Crippen molar-refractivity contribution in [2.24, 2.45) is 5.73 Å². The lowest BCUT2D eigenvalue weighted by atomic mass is 10.2. The van der Waals surface area contributed by atoms with Gasteiger partial charge in [0.1, 0.15) is 0 Å². The lowest BCUT2D eigenvalue weighted by Gasteiger charge is -2.31. The molecule has 2 heterocycles. The van der Waals surface area contributed by atoms with Crippen LogP contribution < -0.4 is 5.73 Å². The van der Waals surface area contributed by atoms with Crippen molar-refractivity contribution >= 4 is 10.2 Å². The Labute approximate surface area is 129 Å². The van der Waals surface area contributed by atoms with Gasteiger partial charge in [-0.25, -0.2) is 0 Å². The second-order valence-electron chi connectivity index (χ2n) is 6.06. The lowest BCUT2D eigenvalue weighted by Crippen LogP contribution is -2.47. The molecule has 0 saturated carbocycles. The molecule has 0 radical (unpaired) electrons. The molecule has 2 fully saturated rings.